The van der Waals surface area contributed by atoms with Gasteiger partial charge in [-0.1, -0.05) is 6.42 Å². The van der Waals surface area contributed by atoms with Crippen LogP contribution in [0.4, 0.5) is 0 Å². The van der Waals surface area contributed by atoms with E-state index in [4.69, 9.17) is 6.57 Å². The molecule has 0 aromatic heterocycles. The molecular weight excluding hydrogens is 112 g/mol. The molecule has 9 heavy (non-hydrogen) atoms. The van der Waals surface area contributed by atoms with Gasteiger partial charge < -0.3 is 10.2 Å². The van der Waals surface area contributed by atoms with E-state index in [1.807, 2.05) is 0 Å². The number of hydrogen-bond acceptors (Lipinski definition) is 1. The number of hydrogen-bond donors (Lipinski definition) is 1. The van der Waals surface area contributed by atoms with Gasteiger partial charge in [0, 0.05) is 0 Å². The number of nitrogens with zero attached hydrogens (tertiary/aromatic N) is 1. The van der Waals surface area contributed by atoms with Crippen LogP contribution in [0.5, 0.6) is 0 Å². The summed E-state index contributed by atoms with van der Waals surface area (Å²) in [7, 11) is 0. The fourth-order valence-corrected chi connectivity index (χ4v) is 1.19. The molecule has 1 heterocycles. The van der Waals surface area contributed by atoms with Crippen LogP contribution in [0.15, 0.2) is 0 Å². The molecule has 0 aromatic carbocycles. The van der Waals surface area contributed by atoms with Crippen molar-refractivity contribution in [3.05, 3.63) is 11.4 Å². The first-order chi connectivity index (χ1) is 4.43. The van der Waals surface area contributed by atoms with Crippen molar-refractivity contribution in [3.8, 4) is 0 Å². The maximum Gasteiger partial charge on any atom is 0.229 e. The molecule has 1 aliphatic rings. The topological polar surface area (TPSA) is 16.4 Å². The van der Waals surface area contributed by atoms with E-state index in [1.54, 1.807) is 0 Å². The monoisotopic (exact) mass is 124 g/mol. The van der Waals surface area contributed by atoms with Gasteiger partial charge in [0.1, 0.15) is 0 Å². The third kappa shape index (κ3) is 2.03. The highest BCUT2D eigenvalue weighted by Crippen LogP contribution is 2.06. The van der Waals surface area contributed by atoms with Gasteiger partial charge in [-0.15, -0.1) is 0 Å². The van der Waals surface area contributed by atoms with E-state index < -0.39 is 0 Å². The van der Waals surface area contributed by atoms with Crippen LogP contribution in [-0.4, -0.2) is 19.1 Å². The van der Waals surface area contributed by atoms with Crippen LogP contribution in [-0.2, 0) is 0 Å². The van der Waals surface area contributed by atoms with Gasteiger partial charge in [0.2, 0.25) is 6.54 Å². The lowest BCUT2D eigenvalue weighted by Crippen LogP contribution is -2.35. The number of rotatable bonds is 1. The minimum absolute atomic E-state index is 0.497. The second kappa shape index (κ2) is 3.47. The van der Waals surface area contributed by atoms with Crippen molar-refractivity contribution in [2.75, 3.05) is 13.1 Å². The summed E-state index contributed by atoms with van der Waals surface area (Å²) in [5.74, 6) is 0. The van der Waals surface area contributed by atoms with Crippen LogP contribution in [0.3, 0.4) is 0 Å². The Bertz CT molecular complexity index is 109. The lowest BCUT2D eigenvalue weighted by molar-refractivity contribution is 0.419. The van der Waals surface area contributed by atoms with E-state index in [9.17, 15) is 0 Å². The summed E-state index contributed by atoms with van der Waals surface area (Å²) in [4.78, 5) is 3.35. The average Bonchev–Trinajstić information content (AvgIpc) is 1.91. The number of nitrogens with one attached hydrogen (secondary N) is 1. The smallest absolute Gasteiger partial charge is 0.229 e. The molecule has 0 amide bonds. The quantitative estimate of drug-likeness (QED) is 0.517. The molecule has 1 atom stereocenters. The zero-order chi connectivity index (χ0) is 6.53. The van der Waals surface area contributed by atoms with Crippen molar-refractivity contribution in [1.82, 2.24) is 5.32 Å². The van der Waals surface area contributed by atoms with Gasteiger partial charge in [-0.25, -0.2) is 6.57 Å². The molecule has 2 nitrogen and oxygen atoms in total. The van der Waals surface area contributed by atoms with Gasteiger partial charge in [0.05, 0.1) is 6.04 Å². The van der Waals surface area contributed by atoms with E-state index >= 15 is 0 Å². The zero-order valence-electron chi connectivity index (χ0n) is 5.56. The first-order valence-corrected chi connectivity index (χ1v) is 3.50. The fraction of sp³-hybridized carbons (Fsp3) is 0.857. The first kappa shape index (κ1) is 6.57. The molecule has 1 fully saturated rings. The minimum atomic E-state index is 0.497. The summed E-state index contributed by atoms with van der Waals surface area (Å²) in [5, 5.41) is 3.31. The van der Waals surface area contributed by atoms with Crippen LogP contribution in [0.2, 0.25) is 0 Å². The van der Waals surface area contributed by atoms with Crippen LogP contribution < -0.4 is 5.32 Å². The Morgan fingerprint density at radius 1 is 1.56 bits per heavy atom. The van der Waals surface area contributed by atoms with Crippen molar-refractivity contribution >= 4 is 0 Å². The maximum atomic E-state index is 6.62. The second-order valence-electron chi connectivity index (χ2n) is 2.49. The van der Waals surface area contributed by atoms with E-state index in [2.05, 4.69) is 10.2 Å². The molecular formula is C7H12N2. The first-order valence-electron chi connectivity index (χ1n) is 3.50. The lowest BCUT2D eigenvalue weighted by atomic mass is 10.1. The molecule has 1 unspecified atom stereocenters. The average molecular weight is 124 g/mol. The van der Waals surface area contributed by atoms with E-state index in [0.717, 1.165) is 6.54 Å². The Balaban J connectivity index is 2.17. The molecule has 0 bridgehead atoms. The summed E-state index contributed by atoms with van der Waals surface area (Å²) in [5.41, 5.74) is 0. The maximum absolute atomic E-state index is 6.62. The van der Waals surface area contributed by atoms with Gasteiger partial charge in [-0.05, 0) is 19.4 Å². The summed E-state index contributed by atoms with van der Waals surface area (Å²) >= 11 is 0. The summed E-state index contributed by atoms with van der Waals surface area (Å²) in [6, 6.07) is 0.497. The van der Waals surface area contributed by atoms with Gasteiger partial charge in [0.15, 0.2) is 0 Å². The van der Waals surface area contributed by atoms with Gasteiger partial charge >= 0.3 is 0 Å². The second-order valence-corrected chi connectivity index (χ2v) is 2.49. The van der Waals surface area contributed by atoms with Crippen LogP contribution in [0.25, 0.3) is 4.85 Å². The van der Waals surface area contributed by atoms with E-state index in [0.29, 0.717) is 12.6 Å². The fourth-order valence-electron chi connectivity index (χ4n) is 1.19. The Hall–Kier alpha value is -0.550. The predicted molar refractivity (Wildman–Crippen MR) is 37.1 cm³/mol. The predicted octanol–water partition coefficient (Wildman–Crippen LogP) is 1.05. The highest BCUT2D eigenvalue weighted by molar-refractivity contribution is 4.79. The van der Waals surface area contributed by atoms with Crippen molar-refractivity contribution in [1.29, 1.82) is 0 Å². The molecule has 1 saturated heterocycles. The number of piperidine rings is 1. The molecule has 0 radical (unpaired) electrons. The third-order valence-electron chi connectivity index (χ3n) is 1.72. The molecule has 0 spiro atoms. The highest BCUT2D eigenvalue weighted by Gasteiger charge is 2.13. The van der Waals surface area contributed by atoms with Gasteiger partial charge in [0.25, 0.3) is 0 Å². The SMILES string of the molecule is [C-]#[N+]CC1CCCCN1. The Morgan fingerprint density at radius 3 is 3.00 bits per heavy atom. The van der Waals surface area contributed by atoms with Crippen molar-refractivity contribution < 1.29 is 0 Å². The van der Waals surface area contributed by atoms with Gasteiger partial charge in [-0.3, -0.25) is 0 Å². The Morgan fingerprint density at radius 2 is 2.44 bits per heavy atom. The molecule has 0 aromatic rings. The van der Waals surface area contributed by atoms with Crippen molar-refractivity contribution in [2.45, 2.75) is 25.3 Å². The molecule has 1 N–H and O–H groups in total. The van der Waals surface area contributed by atoms with Crippen LogP contribution in [0, 0.1) is 6.57 Å². The lowest BCUT2D eigenvalue weighted by Gasteiger charge is -2.18. The van der Waals surface area contributed by atoms with Crippen LogP contribution in [0.1, 0.15) is 19.3 Å². The molecule has 1 rings (SSSR count). The van der Waals surface area contributed by atoms with Crippen molar-refractivity contribution in [3.63, 3.8) is 0 Å². The molecule has 0 saturated carbocycles. The minimum Gasteiger partial charge on any atom is -0.315 e. The van der Waals surface area contributed by atoms with Crippen molar-refractivity contribution in [2.24, 2.45) is 0 Å². The Labute approximate surface area is 56.1 Å². The molecule has 50 valence electrons. The Kier molecular flexibility index (Phi) is 2.53. The third-order valence-corrected chi connectivity index (χ3v) is 1.72. The highest BCUT2D eigenvalue weighted by atomic mass is 14.9. The largest absolute Gasteiger partial charge is 0.315 e. The van der Waals surface area contributed by atoms with E-state index in [1.165, 1.54) is 19.3 Å². The summed E-state index contributed by atoms with van der Waals surface area (Å²) in [6.45, 7) is 8.40. The standard InChI is InChI=1S/C7H12N2/c1-8-6-7-4-2-3-5-9-7/h7,9H,2-6H2. The molecule has 0 aliphatic carbocycles. The molecule has 1 aliphatic heterocycles. The normalized spacial score (nSPS) is 27.2. The summed E-state index contributed by atoms with van der Waals surface area (Å²) < 4.78 is 0. The zero-order valence-corrected chi connectivity index (χ0v) is 5.56. The van der Waals surface area contributed by atoms with Gasteiger partial charge in [-0.2, -0.15) is 0 Å². The van der Waals surface area contributed by atoms with Crippen LogP contribution >= 0.6 is 0 Å². The summed E-state index contributed by atoms with van der Waals surface area (Å²) in [6.07, 6.45) is 3.78. The van der Waals surface area contributed by atoms with E-state index in [-0.39, 0.29) is 0 Å². The molecule has 2 heteroatoms.